The van der Waals surface area contributed by atoms with Gasteiger partial charge in [0.25, 0.3) is 0 Å². The summed E-state index contributed by atoms with van der Waals surface area (Å²) in [5.74, 6) is 1.03. The minimum Gasteiger partial charge on any atom is -0.437 e. The van der Waals surface area contributed by atoms with Crippen molar-refractivity contribution in [3.63, 3.8) is 0 Å². The molecule has 0 spiro atoms. The van der Waals surface area contributed by atoms with Crippen molar-refractivity contribution in [2.75, 3.05) is 5.73 Å². The van der Waals surface area contributed by atoms with Gasteiger partial charge in [-0.15, -0.1) is 0 Å². The first-order valence-electron chi connectivity index (χ1n) is 5.79. The Morgan fingerprint density at radius 1 is 1.17 bits per heavy atom. The van der Waals surface area contributed by atoms with Gasteiger partial charge in [-0.05, 0) is 42.5 Å². The fourth-order valence-corrected chi connectivity index (χ4v) is 2.29. The summed E-state index contributed by atoms with van der Waals surface area (Å²) in [6.45, 7) is 0. The van der Waals surface area contributed by atoms with Gasteiger partial charge < -0.3 is 10.5 Å². The number of aryl methyl sites for hydroxylation is 2. The van der Waals surface area contributed by atoms with Crippen molar-refractivity contribution in [3.05, 3.63) is 40.8 Å². The molecule has 1 heterocycles. The van der Waals surface area contributed by atoms with E-state index < -0.39 is 0 Å². The maximum absolute atomic E-state index is 5.82. The van der Waals surface area contributed by atoms with E-state index in [-0.39, 0.29) is 10.8 Å². The van der Waals surface area contributed by atoms with Crippen molar-refractivity contribution >= 4 is 17.3 Å². The lowest BCUT2D eigenvalue weighted by atomic mass is 10.1. The van der Waals surface area contributed by atoms with Crippen molar-refractivity contribution in [2.45, 2.75) is 19.3 Å². The van der Waals surface area contributed by atoms with Crippen molar-refractivity contribution in [1.82, 2.24) is 9.97 Å². The predicted octanol–water partition coefficient (Wildman–Crippen LogP) is 2.99. The van der Waals surface area contributed by atoms with Gasteiger partial charge >= 0.3 is 0 Å². The minimum atomic E-state index is 0.209. The molecule has 2 N–H and O–H groups in total. The summed E-state index contributed by atoms with van der Waals surface area (Å²) in [6, 6.07) is 6.06. The van der Waals surface area contributed by atoms with E-state index >= 15 is 0 Å². The normalized spacial score (nSPS) is 13.4. The highest BCUT2D eigenvalue weighted by molar-refractivity contribution is 6.32. The Kier molecular flexibility index (Phi) is 2.80. The van der Waals surface area contributed by atoms with Crippen LogP contribution in [0.15, 0.2) is 24.5 Å². The summed E-state index contributed by atoms with van der Waals surface area (Å²) in [5.41, 5.74) is 8.76. The van der Waals surface area contributed by atoms with Gasteiger partial charge in [0, 0.05) is 0 Å². The molecule has 18 heavy (non-hydrogen) atoms. The molecule has 4 nitrogen and oxygen atoms in total. The Hall–Kier alpha value is -1.81. The summed E-state index contributed by atoms with van der Waals surface area (Å²) in [4.78, 5) is 7.77. The fourth-order valence-electron chi connectivity index (χ4n) is 2.16. The summed E-state index contributed by atoms with van der Waals surface area (Å²) < 4.78 is 5.65. The predicted molar refractivity (Wildman–Crippen MR) is 70.0 cm³/mol. The Morgan fingerprint density at radius 3 is 2.89 bits per heavy atom. The molecule has 1 aliphatic rings. The summed E-state index contributed by atoms with van der Waals surface area (Å²) >= 11 is 5.82. The van der Waals surface area contributed by atoms with Crippen LogP contribution in [0.4, 0.5) is 5.69 Å². The van der Waals surface area contributed by atoms with Crippen molar-refractivity contribution in [2.24, 2.45) is 0 Å². The largest absolute Gasteiger partial charge is 0.437 e. The highest BCUT2D eigenvalue weighted by Crippen LogP contribution is 2.31. The van der Waals surface area contributed by atoms with Crippen LogP contribution in [0, 0.1) is 0 Å². The SMILES string of the molecule is Nc1c(Cl)ncnc1Oc1ccc2c(c1)CCC2. The molecule has 0 bridgehead atoms. The molecule has 3 rings (SSSR count). The number of nitrogen functional groups attached to an aromatic ring is 1. The number of anilines is 1. The highest BCUT2D eigenvalue weighted by atomic mass is 35.5. The van der Waals surface area contributed by atoms with E-state index in [0.29, 0.717) is 5.88 Å². The zero-order chi connectivity index (χ0) is 12.5. The molecule has 92 valence electrons. The lowest BCUT2D eigenvalue weighted by Crippen LogP contribution is -1.97. The molecule has 5 heteroatoms. The quantitative estimate of drug-likeness (QED) is 0.844. The van der Waals surface area contributed by atoms with Gasteiger partial charge in [-0.2, -0.15) is 4.98 Å². The van der Waals surface area contributed by atoms with Crippen LogP contribution < -0.4 is 10.5 Å². The van der Waals surface area contributed by atoms with E-state index in [4.69, 9.17) is 22.1 Å². The molecule has 2 aromatic rings. The maximum atomic E-state index is 5.82. The highest BCUT2D eigenvalue weighted by Gasteiger charge is 2.13. The molecule has 1 aromatic carbocycles. The first-order chi connectivity index (χ1) is 8.74. The van der Waals surface area contributed by atoms with Gasteiger partial charge in [0.1, 0.15) is 17.8 Å². The van der Waals surface area contributed by atoms with Crippen molar-refractivity contribution < 1.29 is 4.74 Å². The summed E-state index contributed by atoms with van der Waals surface area (Å²) in [5, 5.41) is 0.209. The fraction of sp³-hybridized carbons (Fsp3) is 0.231. The van der Waals surface area contributed by atoms with Crippen LogP contribution >= 0.6 is 11.6 Å². The second kappa shape index (κ2) is 4.46. The monoisotopic (exact) mass is 261 g/mol. The first-order valence-corrected chi connectivity index (χ1v) is 6.17. The third-order valence-electron chi connectivity index (χ3n) is 3.08. The van der Waals surface area contributed by atoms with Crippen molar-refractivity contribution in [1.29, 1.82) is 0 Å². The van der Waals surface area contributed by atoms with E-state index in [9.17, 15) is 0 Å². The third kappa shape index (κ3) is 1.99. The Labute approximate surface area is 110 Å². The second-order valence-corrected chi connectivity index (χ2v) is 4.63. The number of nitrogens with zero attached hydrogens (tertiary/aromatic N) is 2. The van der Waals surface area contributed by atoms with Gasteiger partial charge in [0.2, 0.25) is 5.88 Å². The number of ether oxygens (including phenoxy) is 1. The van der Waals surface area contributed by atoms with Gasteiger partial charge in [-0.25, -0.2) is 4.98 Å². The maximum Gasteiger partial charge on any atom is 0.247 e. The van der Waals surface area contributed by atoms with Crippen LogP contribution in [0.25, 0.3) is 0 Å². The number of hydrogen-bond acceptors (Lipinski definition) is 4. The van der Waals surface area contributed by atoms with Gasteiger partial charge in [-0.1, -0.05) is 17.7 Å². The number of nitrogens with two attached hydrogens (primary N) is 1. The molecule has 0 atom stereocenters. The Balaban J connectivity index is 1.90. The topological polar surface area (TPSA) is 61.0 Å². The summed E-state index contributed by atoms with van der Waals surface area (Å²) in [7, 11) is 0. The molecular weight excluding hydrogens is 250 g/mol. The molecular formula is C13H12ClN3O. The van der Waals surface area contributed by atoms with Crippen molar-refractivity contribution in [3.8, 4) is 11.6 Å². The number of halogens is 1. The van der Waals surface area contributed by atoms with Crippen LogP contribution in [-0.2, 0) is 12.8 Å². The average molecular weight is 262 g/mol. The Bertz CT molecular complexity index is 601. The molecule has 1 aliphatic carbocycles. The molecule has 0 radical (unpaired) electrons. The summed E-state index contributed by atoms with van der Waals surface area (Å²) in [6.07, 6.45) is 4.80. The van der Waals surface area contributed by atoms with E-state index in [2.05, 4.69) is 16.0 Å². The standard InChI is InChI=1S/C13H12ClN3O/c14-12-11(15)13(17-7-16-12)18-10-5-4-8-2-1-3-9(8)6-10/h4-7H,1-3,15H2. The molecule has 0 saturated heterocycles. The van der Waals surface area contributed by atoms with Crippen LogP contribution in [0.2, 0.25) is 5.15 Å². The first kappa shape index (κ1) is 11.3. The van der Waals surface area contributed by atoms with Gasteiger partial charge in [0.05, 0.1) is 0 Å². The van der Waals surface area contributed by atoms with Crippen LogP contribution in [-0.4, -0.2) is 9.97 Å². The number of aromatic nitrogens is 2. The second-order valence-electron chi connectivity index (χ2n) is 4.27. The van der Waals surface area contributed by atoms with Gasteiger partial charge in [-0.3, -0.25) is 0 Å². The van der Waals surface area contributed by atoms with Crippen LogP contribution in [0.5, 0.6) is 11.6 Å². The molecule has 0 unspecified atom stereocenters. The number of benzene rings is 1. The average Bonchev–Trinajstić information content (AvgIpc) is 2.82. The zero-order valence-electron chi connectivity index (χ0n) is 9.69. The molecule has 0 aliphatic heterocycles. The molecule has 0 fully saturated rings. The van der Waals surface area contributed by atoms with E-state index in [0.717, 1.165) is 18.6 Å². The van der Waals surface area contributed by atoms with Crippen LogP contribution in [0.1, 0.15) is 17.5 Å². The minimum absolute atomic E-state index is 0.209. The van der Waals surface area contributed by atoms with E-state index in [1.54, 1.807) is 0 Å². The molecule has 0 saturated carbocycles. The van der Waals surface area contributed by atoms with Crippen LogP contribution in [0.3, 0.4) is 0 Å². The zero-order valence-corrected chi connectivity index (χ0v) is 10.4. The van der Waals surface area contributed by atoms with E-state index in [1.165, 1.54) is 23.9 Å². The smallest absolute Gasteiger partial charge is 0.247 e. The number of rotatable bonds is 2. The number of fused-ring (bicyclic) bond motifs is 1. The number of hydrogen-bond donors (Lipinski definition) is 1. The lowest BCUT2D eigenvalue weighted by molar-refractivity contribution is 0.463. The van der Waals surface area contributed by atoms with E-state index in [1.807, 2.05) is 12.1 Å². The Morgan fingerprint density at radius 2 is 2.00 bits per heavy atom. The molecule has 0 amide bonds. The van der Waals surface area contributed by atoms with Gasteiger partial charge in [0.15, 0.2) is 5.15 Å². The third-order valence-corrected chi connectivity index (χ3v) is 3.38. The molecule has 1 aromatic heterocycles. The lowest BCUT2D eigenvalue weighted by Gasteiger charge is -2.08.